The number of nitrogens with one attached hydrogen (secondary N) is 1. The van der Waals surface area contributed by atoms with Gasteiger partial charge in [0.15, 0.2) is 5.78 Å². The van der Waals surface area contributed by atoms with Crippen LogP contribution in [-0.4, -0.2) is 42.2 Å². The summed E-state index contributed by atoms with van der Waals surface area (Å²) in [6, 6.07) is 3.46. The Morgan fingerprint density at radius 1 is 1.55 bits per heavy atom. The van der Waals surface area contributed by atoms with Gasteiger partial charge in [0.1, 0.15) is 11.1 Å². The number of methoxy groups -OCH3 is 1. The van der Waals surface area contributed by atoms with Crippen LogP contribution in [0, 0.1) is 18.3 Å². The molecule has 0 fully saturated rings. The maximum Gasteiger partial charge on any atom is 0.230 e. The first-order valence-electron chi connectivity index (χ1n) is 6.72. The van der Waals surface area contributed by atoms with Crippen LogP contribution in [0.2, 0.25) is 0 Å². The first-order valence-corrected chi connectivity index (χ1v) is 7.71. The molecule has 0 bridgehead atoms. The highest BCUT2D eigenvalue weighted by atomic mass is 32.2. The molecule has 0 aliphatic heterocycles. The van der Waals surface area contributed by atoms with Gasteiger partial charge < -0.3 is 10.1 Å². The fourth-order valence-electron chi connectivity index (χ4n) is 1.87. The predicted octanol–water partition coefficient (Wildman–Crippen LogP) is 1.71. The van der Waals surface area contributed by atoms with Crippen molar-refractivity contribution in [3.8, 4) is 6.07 Å². The summed E-state index contributed by atoms with van der Waals surface area (Å²) in [4.78, 5) is 27.5. The molecule has 1 heterocycles. The standard InChI is InChI=1S/C15H19N3O3S/c1-9(7-21-4)17-14(20)8-22-15-12(6-16)5-13(11(3)19)10(2)18-15/h5,9H,7-8H2,1-4H3,(H,17,20). The van der Waals surface area contributed by atoms with Gasteiger partial charge in [-0.15, -0.1) is 0 Å². The van der Waals surface area contributed by atoms with E-state index in [2.05, 4.69) is 10.3 Å². The lowest BCUT2D eigenvalue weighted by Gasteiger charge is -2.12. The minimum atomic E-state index is -0.159. The molecule has 0 aliphatic carbocycles. The van der Waals surface area contributed by atoms with Gasteiger partial charge in [-0.2, -0.15) is 5.26 Å². The van der Waals surface area contributed by atoms with Crippen LogP contribution in [0.3, 0.4) is 0 Å². The van der Waals surface area contributed by atoms with Crippen molar-refractivity contribution >= 4 is 23.5 Å². The highest BCUT2D eigenvalue weighted by Crippen LogP contribution is 2.22. The number of carbonyl (C=O) groups is 2. The van der Waals surface area contributed by atoms with Gasteiger partial charge in [-0.3, -0.25) is 9.59 Å². The predicted molar refractivity (Wildman–Crippen MR) is 83.9 cm³/mol. The van der Waals surface area contributed by atoms with Gasteiger partial charge in [-0.05, 0) is 26.8 Å². The molecule has 118 valence electrons. The maximum atomic E-state index is 11.8. The summed E-state index contributed by atoms with van der Waals surface area (Å²) in [5.74, 6) is -0.146. The van der Waals surface area contributed by atoms with Crippen molar-refractivity contribution in [1.82, 2.24) is 10.3 Å². The molecule has 0 spiro atoms. The lowest BCUT2D eigenvalue weighted by Crippen LogP contribution is -2.36. The average Bonchev–Trinajstić information content (AvgIpc) is 2.44. The van der Waals surface area contributed by atoms with Crippen LogP contribution in [0.5, 0.6) is 0 Å². The van der Waals surface area contributed by atoms with Crippen molar-refractivity contribution in [2.45, 2.75) is 31.8 Å². The number of carbonyl (C=O) groups excluding carboxylic acids is 2. The molecule has 7 heteroatoms. The fourth-order valence-corrected chi connectivity index (χ4v) is 2.68. The van der Waals surface area contributed by atoms with Crippen LogP contribution in [-0.2, 0) is 9.53 Å². The molecule has 0 aliphatic rings. The third kappa shape index (κ3) is 5.13. The molecule has 0 saturated heterocycles. The van der Waals surface area contributed by atoms with Crippen LogP contribution < -0.4 is 5.32 Å². The van der Waals surface area contributed by atoms with Crippen molar-refractivity contribution in [2.24, 2.45) is 0 Å². The van der Waals surface area contributed by atoms with E-state index >= 15 is 0 Å². The van der Waals surface area contributed by atoms with E-state index < -0.39 is 0 Å². The van der Waals surface area contributed by atoms with Gasteiger partial charge in [-0.1, -0.05) is 11.8 Å². The molecule has 6 nitrogen and oxygen atoms in total. The average molecular weight is 321 g/mol. The van der Waals surface area contributed by atoms with Gasteiger partial charge in [0.2, 0.25) is 5.91 Å². The van der Waals surface area contributed by atoms with Crippen molar-refractivity contribution in [2.75, 3.05) is 19.5 Å². The summed E-state index contributed by atoms with van der Waals surface area (Å²) in [5.41, 5.74) is 1.29. The van der Waals surface area contributed by atoms with Crippen molar-refractivity contribution in [1.29, 1.82) is 5.26 Å². The quantitative estimate of drug-likeness (QED) is 0.607. The molecule has 1 N–H and O–H groups in total. The van der Waals surface area contributed by atoms with Crippen LogP contribution >= 0.6 is 11.8 Å². The summed E-state index contributed by atoms with van der Waals surface area (Å²) in [6.07, 6.45) is 0. The van der Waals surface area contributed by atoms with E-state index in [0.717, 1.165) is 0 Å². The first-order chi connectivity index (χ1) is 10.4. The van der Waals surface area contributed by atoms with E-state index in [1.807, 2.05) is 13.0 Å². The Morgan fingerprint density at radius 3 is 2.77 bits per heavy atom. The minimum absolute atomic E-state index is 0.0803. The Morgan fingerprint density at radius 2 is 2.23 bits per heavy atom. The van der Waals surface area contributed by atoms with Crippen LogP contribution in [0.1, 0.15) is 35.5 Å². The molecule has 1 unspecified atom stereocenters. The SMILES string of the molecule is COCC(C)NC(=O)CSc1nc(C)c(C(C)=O)cc1C#N. The minimum Gasteiger partial charge on any atom is -0.383 e. The Balaban J connectivity index is 2.78. The number of aryl methyl sites for hydroxylation is 1. The topological polar surface area (TPSA) is 92.1 Å². The van der Waals surface area contributed by atoms with Gasteiger partial charge in [0.25, 0.3) is 0 Å². The molecule has 1 aromatic heterocycles. The summed E-state index contributed by atoms with van der Waals surface area (Å²) >= 11 is 1.18. The largest absolute Gasteiger partial charge is 0.383 e. The maximum absolute atomic E-state index is 11.8. The first kappa shape index (κ1) is 18.1. The van der Waals surface area contributed by atoms with Crippen LogP contribution in [0.25, 0.3) is 0 Å². The Bertz CT molecular complexity index is 611. The normalized spacial score (nSPS) is 11.6. The number of nitriles is 1. The zero-order chi connectivity index (χ0) is 16.7. The highest BCUT2D eigenvalue weighted by Gasteiger charge is 2.14. The molecule has 1 atom stereocenters. The summed E-state index contributed by atoms with van der Waals surface area (Å²) in [7, 11) is 1.57. The third-order valence-corrected chi connectivity index (χ3v) is 3.83. The molecule has 0 aromatic carbocycles. The van der Waals surface area contributed by atoms with Crippen molar-refractivity contribution in [3.63, 3.8) is 0 Å². The number of rotatable bonds is 7. The number of ether oxygens (including phenoxy) is 1. The number of aromatic nitrogens is 1. The summed E-state index contributed by atoms with van der Waals surface area (Å²) < 4.78 is 4.95. The number of pyridine rings is 1. The van der Waals surface area contributed by atoms with Crippen LogP contribution in [0.15, 0.2) is 11.1 Å². The second kappa shape index (κ2) is 8.51. The summed E-state index contributed by atoms with van der Waals surface area (Å²) in [5, 5.41) is 12.4. The van der Waals surface area contributed by atoms with E-state index in [1.165, 1.54) is 24.8 Å². The number of hydrogen-bond acceptors (Lipinski definition) is 6. The monoisotopic (exact) mass is 321 g/mol. The van der Waals surface area contributed by atoms with E-state index in [4.69, 9.17) is 10.00 Å². The molecule has 0 saturated carbocycles. The smallest absolute Gasteiger partial charge is 0.230 e. The fraction of sp³-hybridized carbons (Fsp3) is 0.467. The van der Waals surface area contributed by atoms with Gasteiger partial charge in [0.05, 0.1) is 17.9 Å². The van der Waals surface area contributed by atoms with Crippen LogP contribution in [0.4, 0.5) is 0 Å². The Labute approximate surface area is 134 Å². The zero-order valence-electron chi connectivity index (χ0n) is 13.1. The lowest BCUT2D eigenvalue weighted by atomic mass is 10.1. The van der Waals surface area contributed by atoms with Crippen molar-refractivity contribution < 1.29 is 14.3 Å². The number of thioether (sulfide) groups is 1. The number of Topliss-reactive ketones (excluding diaryl/α,β-unsaturated/α-hetero) is 1. The molecular formula is C15H19N3O3S. The number of nitrogens with zero attached hydrogens (tertiary/aromatic N) is 2. The van der Waals surface area contributed by atoms with E-state index in [-0.39, 0.29) is 23.5 Å². The molecule has 22 heavy (non-hydrogen) atoms. The highest BCUT2D eigenvalue weighted by molar-refractivity contribution is 8.00. The number of ketones is 1. The molecule has 1 amide bonds. The van der Waals surface area contributed by atoms with E-state index in [0.29, 0.717) is 28.5 Å². The van der Waals surface area contributed by atoms with Gasteiger partial charge in [0, 0.05) is 24.4 Å². The lowest BCUT2D eigenvalue weighted by molar-refractivity contribution is -0.119. The van der Waals surface area contributed by atoms with E-state index in [1.54, 1.807) is 14.0 Å². The summed E-state index contributed by atoms with van der Waals surface area (Å²) in [6.45, 7) is 5.42. The third-order valence-electron chi connectivity index (χ3n) is 2.84. The van der Waals surface area contributed by atoms with E-state index in [9.17, 15) is 9.59 Å². The molecular weight excluding hydrogens is 302 g/mol. The van der Waals surface area contributed by atoms with Gasteiger partial charge in [-0.25, -0.2) is 4.98 Å². The zero-order valence-corrected chi connectivity index (χ0v) is 13.9. The number of amides is 1. The Hall–Kier alpha value is -1.91. The van der Waals surface area contributed by atoms with Crippen molar-refractivity contribution in [3.05, 3.63) is 22.9 Å². The molecule has 0 radical (unpaired) electrons. The second-order valence-electron chi connectivity index (χ2n) is 4.85. The second-order valence-corrected chi connectivity index (χ2v) is 5.82. The Kier molecular flexibility index (Phi) is 7.02. The van der Waals surface area contributed by atoms with Gasteiger partial charge >= 0.3 is 0 Å². The number of hydrogen-bond donors (Lipinski definition) is 1. The molecule has 1 aromatic rings. The molecule has 1 rings (SSSR count).